The molecule has 1 saturated heterocycles. The molecule has 1 aliphatic carbocycles. The Bertz CT molecular complexity index is 288. The van der Waals surface area contributed by atoms with Gasteiger partial charge in [-0.3, -0.25) is 0 Å². The molecule has 3 nitrogen and oxygen atoms in total. The third-order valence-electron chi connectivity index (χ3n) is 4.67. The van der Waals surface area contributed by atoms with Gasteiger partial charge in [-0.2, -0.15) is 0 Å². The van der Waals surface area contributed by atoms with E-state index in [4.69, 9.17) is 0 Å². The lowest BCUT2D eigenvalue weighted by Gasteiger charge is -2.48. The van der Waals surface area contributed by atoms with Crippen molar-refractivity contribution in [3.63, 3.8) is 0 Å². The van der Waals surface area contributed by atoms with E-state index in [9.17, 15) is 19.0 Å². The van der Waals surface area contributed by atoms with Crippen LogP contribution in [0.15, 0.2) is 0 Å². The molecular weight excluding hydrogens is 228 g/mol. The van der Waals surface area contributed by atoms with Crippen LogP contribution in [0.1, 0.15) is 32.1 Å². The van der Waals surface area contributed by atoms with Gasteiger partial charge in [-0.1, -0.05) is 0 Å². The van der Waals surface area contributed by atoms with E-state index in [1.54, 1.807) is 0 Å². The fraction of sp³-hybridized carbons (Fsp3) is 1.00. The molecule has 17 heavy (non-hydrogen) atoms. The van der Waals surface area contributed by atoms with Gasteiger partial charge in [0.2, 0.25) is 5.92 Å². The van der Waals surface area contributed by atoms with Crippen molar-refractivity contribution in [3.8, 4) is 0 Å². The number of aliphatic hydroxyl groups excluding tert-OH is 1. The maximum Gasteiger partial charge on any atom is 0.248 e. The Hall–Kier alpha value is -0.260. The average Bonchev–Trinajstić information content (AvgIpc) is 2.61. The number of hydrogen-bond acceptors (Lipinski definition) is 3. The topological polar surface area (TPSA) is 43.7 Å². The van der Waals surface area contributed by atoms with Crippen LogP contribution >= 0.6 is 0 Å². The van der Waals surface area contributed by atoms with Crippen molar-refractivity contribution in [3.05, 3.63) is 0 Å². The SMILES string of the molecule is CN1CCC(O)(C2(CO)CCC(F)(F)CC2)C1. The molecule has 1 saturated carbocycles. The number of aliphatic hydroxyl groups is 2. The highest BCUT2D eigenvalue weighted by Gasteiger charge is 2.56. The van der Waals surface area contributed by atoms with Crippen molar-refractivity contribution in [2.45, 2.75) is 43.6 Å². The summed E-state index contributed by atoms with van der Waals surface area (Å²) in [6, 6.07) is 0. The van der Waals surface area contributed by atoms with Gasteiger partial charge in [-0.05, 0) is 26.3 Å². The molecule has 0 aromatic rings. The van der Waals surface area contributed by atoms with Crippen LogP contribution in [0, 0.1) is 5.41 Å². The third kappa shape index (κ3) is 2.20. The zero-order valence-electron chi connectivity index (χ0n) is 10.3. The summed E-state index contributed by atoms with van der Waals surface area (Å²) >= 11 is 0. The molecule has 0 aromatic carbocycles. The zero-order chi connectivity index (χ0) is 12.7. The molecule has 1 unspecified atom stereocenters. The second kappa shape index (κ2) is 4.14. The molecule has 1 atom stereocenters. The largest absolute Gasteiger partial charge is 0.396 e. The number of likely N-dealkylation sites (N-methyl/N-ethyl adjacent to an activating group) is 1. The Morgan fingerprint density at radius 2 is 1.71 bits per heavy atom. The average molecular weight is 249 g/mol. The number of hydrogen-bond donors (Lipinski definition) is 2. The number of halogens is 2. The summed E-state index contributed by atoms with van der Waals surface area (Å²) in [5.41, 5.74) is -1.74. The lowest BCUT2D eigenvalue weighted by Crippen LogP contribution is -2.55. The first-order chi connectivity index (χ1) is 7.83. The second-order valence-corrected chi connectivity index (χ2v) is 5.81. The van der Waals surface area contributed by atoms with Gasteiger partial charge in [-0.25, -0.2) is 8.78 Å². The molecule has 0 spiro atoms. The standard InChI is InChI=1S/C12H21F2NO2/c1-15-7-6-11(17,8-15)10(9-16)2-4-12(13,14)5-3-10/h16-17H,2-9H2,1H3. The first-order valence-electron chi connectivity index (χ1n) is 6.22. The van der Waals surface area contributed by atoms with Gasteiger partial charge in [0.15, 0.2) is 0 Å². The van der Waals surface area contributed by atoms with Crippen molar-refractivity contribution >= 4 is 0 Å². The van der Waals surface area contributed by atoms with Crippen LogP contribution < -0.4 is 0 Å². The van der Waals surface area contributed by atoms with Crippen molar-refractivity contribution in [1.82, 2.24) is 4.90 Å². The van der Waals surface area contributed by atoms with Gasteiger partial charge in [0.25, 0.3) is 0 Å². The maximum atomic E-state index is 13.2. The molecule has 2 rings (SSSR count). The Balaban J connectivity index is 2.16. The smallest absolute Gasteiger partial charge is 0.248 e. The van der Waals surface area contributed by atoms with Crippen molar-refractivity contribution in [1.29, 1.82) is 0 Å². The lowest BCUT2D eigenvalue weighted by atomic mass is 9.62. The minimum atomic E-state index is -2.63. The van der Waals surface area contributed by atoms with Gasteiger partial charge in [0.05, 0.1) is 12.2 Å². The Kier molecular flexibility index (Phi) is 3.21. The highest BCUT2D eigenvalue weighted by Crippen LogP contribution is 2.51. The van der Waals surface area contributed by atoms with Crippen LogP contribution in [0.5, 0.6) is 0 Å². The second-order valence-electron chi connectivity index (χ2n) is 5.81. The molecule has 1 aliphatic heterocycles. The highest BCUT2D eigenvalue weighted by atomic mass is 19.3. The van der Waals surface area contributed by atoms with Crippen molar-refractivity contribution in [2.75, 3.05) is 26.7 Å². The number of likely N-dealkylation sites (tertiary alicyclic amines) is 1. The Morgan fingerprint density at radius 1 is 1.12 bits per heavy atom. The summed E-state index contributed by atoms with van der Waals surface area (Å²) in [7, 11) is 1.90. The van der Waals surface area contributed by atoms with Crippen molar-refractivity contribution in [2.24, 2.45) is 5.41 Å². The number of nitrogens with zero attached hydrogens (tertiary/aromatic N) is 1. The van der Waals surface area contributed by atoms with E-state index >= 15 is 0 Å². The van der Waals surface area contributed by atoms with Crippen molar-refractivity contribution < 1.29 is 19.0 Å². The molecular formula is C12H21F2NO2. The normalized spacial score (nSPS) is 37.2. The predicted octanol–water partition coefficient (Wildman–Crippen LogP) is 1.24. The summed E-state index contributed by atoms with van der Waals surface area (Å²) in [6.07, 6.45) is 0.538. The van der Waals surface area contributed by atoms with E-state index in [0.717, 1.165) is 6.54 Å². The van der Waals surface area contributed by atoms with Crippen LogP contribution in [0.2, 0.25) is 0 Å². The third-order valence-corrected chi connectivity index (χ3v) is 4.67. The van der Waals surface area contributed by atoms with E-state index in [2.05, 4.69) is 0 Å². The van der Waals surface area contributed by atoms with E-state index < -0.39 is 16.9 Å². The van der Waals surface area contributed by atoms with Gasteiger partial charge in [-0.15, -0.1) is 0 Å². The highest BCUT2D eigenvalue weighted by molar-refractivity contribution is 5.06. The molecule has 2 aliphatic rings. The maximum absolute atomic E-state index is 13.2. The monoisotopic (exact) mass is 249 g/mol. The van der Waals surface area contributed by atoms with Crippen LogP contribution in [0.4, 0.5) is 8.78 Å². The van der Waals surface area contributed by atoms with Gasteiger partial charge in [0.1, 0.15) is 0 Å². The summed E-state index contributed by atoms with van der Waals surface area (Å²) in [6.45, 7) is 1.03. The fourth-order valence-corrected chi connectivity index (χ4v) is 3.28. The Morgan fingerprint density at radius 3 is 2.12 bits per heavy atom. The van der Waals surface area contributed by atoms with Gasteiger partial charge >= 0.3 is 0 Å². The van der Waals surface area contributed by atoms with Crippen LogP contribution in [-0.4, -0.2) is 53.4 Å². The predicted molar refractivity (Wildman–Crippen MR) is 60.0 cm³/mol. The number of β-amino-alcohol motifs (C(OH)–C–C–N with tert-alkyl or cyclic N) is 1. The molecule has 1 heterocycles. The van der Waals surface area contributed by atoms with Crippen LogP contribution in [0.3, 0.4) is 0 Å². The molecule has 0 aromatic heterocycles. The number of alkyl halides is 2. The van der Waals surface area contributed by atoms with E-state index in [0.29, 0.717) is 13.0 Å². The van der Waals surface area contributed by atoms with Crippen LogP contribution in [0.25, 0.3) is 0 Å². The lowest BCUT2D eigenvalue weighted by molar-refractivity contribution is -0.158. The minimum absolute atomic E-state index is 0.201. The minimum Gasteiger partial charge on any atom is -0.396 e. The summed E-state index contributed by atoms with van der Waals surface area (Å²) in [5, 5.41) is 20.3. The quantitative estimate of drug-likeness (QED) is 0.774. The number of rotatable bonds is 2. The molecule has 5 heteroatoms. The van der Waals surface area contributed by atoms with Gasteiger partial charge in [0, 0.05) is 31.3 Å². The van der Waals surface area contributed by atoms with Crippen LogP contribution in [-0.2, 0) is 0 Å². The summed E-state index contributed by atoms with van der Waals surface area (Å²) < 4.78 is 26.4. The summed E-state index contributed by atoms with van der Waals surface area (Å²) in [4.78, 5) is 1.99. The molecule has 100 valence electrons. The summed E-state index contributed by atoms with van der Waals surface area (Å²) in [5.74, 6) is -2.63. The van der Waals surface area contributed by atoms with E-state index in [-0.39, 0.29) is 32.3 Å². The van der Waals surface area contributed by atoms with E-state index in [1.807, 2.05) is 11.9 Å². The first-order valence-corrected chi connectivity index (χ1v) is 6.22. The fourth-order valence-electron chi connectivity index (χ4n) is 3.28. The van der Waals surface area contributed by atoms with E-state index in [1.165, 1.54) is 0 Å². The molecule has 0 bridgehead atoms. The molecule has 0 radical (unpaired) electrons. The molecule has 2 N–H and O–H groups in total. The molecule has 2 fully saturated rings. The molecule has 0 amide bonds. The van der Waals surface area contributed by atoms with Gasteiger partial charge < -0.3 is 15.1 Å². The Labute approximate surface area is 100 Å². The zero-order valence-corrected chi connectivity index (χ0v) is 10.3. The first kappa shape index (κ1) is 13.2.